The molecule has 0 bridgehead atoms. The van der Waals surface area contributed by atoms with E-state index >= 15 is 0 Å². The molecule has 420 valence electrons. The van der Waals surface area contributed by atoms with Crippen LogP contribution in [0.3, 0.4) is 0 Å². The van der Waals surface area contributed by atoms with Crippen molar-refractivity contribution in [2.45, 2.75) is 198 Å². The second-order valence-corrected chi connectivity index (χ2v) is 26.1. The van der Waals surface area contributed by atoms with E-state index in [0.29, 0.717) is 97.4 Å². The summed E-state index contributed by atoms with van der Waals surface area (Å²) in [5.74, 6) is 1.54. The first-order valence-corrected chi connectivity index (χ1v) is 29.6. The third-order valence-corrected chi connectivity index (χ3v) is 17.1. The van der Waals surface area contributed by atoms with Gasteiger partial charge in [-0.3, -0.25) is 0 Å². The number of nitrogen functional groups attached to an aromatic ring is 1. The Morgan fingerprint density at radius 3 is 1.45 bits per heavy atom. The Morgan fingerprint density at radius 1 is 0.632 bits per heavy atom. The van der Waals surface area contributed by atoms with E-state index in [1.165, 1.54) is 44.0 Å². The topological polar surface area (TPSA) is 261 Å². The lowest BCUT2D eigenvalue weighted by molar-refractivity contribution is 0.0111. The lowest BCUT2D eigenvalue weighted by atomic mass is 10.1. The van der Waals surface area contributed by atoms with Gasteiger partial charge < -0.3 is 39.8 Å². The number of nitrogens with zero attached hydrogens (tertiary/aromatic N) is 8. The highest BCUT2D eigenvalue weighted by Crippen LogP contribution is 2.35. The fourth-order valence-electron chi connectivity index (χ4n) is 7.61. The number of amides is 2. The van der Waals surface area contributed by atoms with Crippen molar-refractivity contribution >= 4 is 60.7 Å². The van der Waals surface area contributed by atoms with E-state index in [2.05, 4.69) is 49.1 Å². The number of carbonyl (C=O) groups is 2. The number of nitrogens with one attached hydrogen (secondary N) is 1. The van der Waals surface area contributed by atoms with Gasteiger partial charge in [-0.25, -0.2) is 56.3 Å². The maximum absolute atomic E-state index is 12.5. The summed E-state index contributed by atoms with van der Waals surface area (Å²) in [7, 11) is -6.52. The molecule has 4 fully saturated rings. The molecule has 8 rings (SSSR count). The number of sulfone groups is 2. The Morgan fingerprint density at radius 2 is 1.05 bits per heavy atom. The number of aromatic nitrogens is 6. The second-order valence-electron chi connectivity index (χ2n) is 21.4. The van der Waals surface area contributed by atoms with Crippen LogP contribution in [0.1, 0.15) is 149 Å². The minimum Gasteiger partial charge on any atom is -0.474 e. The fraction of sp³-hybridized carbons (Fsp3) is 0.623. The molecule has 0 unspecified atom stereocenters. The van der Waals surface area contributed by atoms with Gasteiger partial charge in [-0.15, -0.1) is 0 Å². The van der Waals surface area contributed by atoms with E-state index in [1.807, 2.05) is 55.4 Å². The van der Waals surface area contributed by atoms with Gasteiger partial charge in [-0.2, -0.15) is 0 Å². The Kier molecular flexibility index (Phi) is 21.5. The Bertz CT molecular complexity index is 2820. The molecule has 2 aliphatic heterocycles. The molecule has 20 nitrogen and oxygen atoms in total. The number of carbonyl (C=O) groups excluding carboxylic acids is 2. The Hall–Kier alpha value is -5.61. The van der Waals surface area contributed by atoms with Crippen LogP contribution in [0.4, 0.5) is 26.8 Å². The third kappa shape index (κ3) is 18.3. The molecular formula is C53H79ClN10O10S2. The lowest BCUT2D eigenvalue weighted by Gasteiger charge is -2.33. The van der Waals surface area contributed by atoms with Crippen molar-refractivity contribution in [3.8, 4) is 11.8 Å². The van der Waals surface area contributed by atoms with Gasteiger partial charge in [0, 0.05) is 57.4 Å². The summed E-state index contributed by atoms with van der Waals surface area (Å²) in [5.41, 5.74) is 8.38. The van der Waals surface area contributed by atoms with Crippen LogP contribution in [0.5, 0.6) is 11.8 Å². The molecule has 23 heteroatoms. The normalized spacial score (nSPS) is 16.4. The van der Waals surface area contributed by atoms with Crippen LogP contribution in [-0.4, -0.2) is 129 Å². The minimum atomic E-state index is -3.34. The summed E-state index contributed by atoms with van der Waals surface area (Å²) in [6, 6.07) is 6.33. The van der Waals surface area contributed by atoms with E-state index in [4.69, 9.17) is 36.3 Å². The van der Waals surface area contributed by atoms with E-state index < -0.39 is 30.9 Å². The first-order valence-electron chi connectivity index (χ1n) is 26.2. The fourth-order valence-corrected chi connectivity index (χ4v) is 11.0. The molecule has 0 radical (unpaired) electrons. The van der Waals surface area contributed by atoms with Gasteiger partial charge in [-0.1, -0.05) is 44.7 Å². The molecule has 76 heavy (non-hydrogen) atoms. The summed E-state index contributed by atoms with van der Waals surface area (Å²) in [6.07, 6.45) is 12.0. The Balaban J connectivity index is 0.000000220. The number of hydrogen-bond donors (Lipinski definition) is 2. The molecule has 2 amide bonds. The molecule has 0 atom stereocenters. The maximum atomic E-state index is 12.5. The number of aryl methyl sites for hydroxylation is 2. The van der Waals surface area contributed by atoms with Gasteiger partial charge in [0.1, 0.15) is 47.0 Å². The average Bonchev–Trinajstić information content (AvgIpc) is 4.28. The zero-order valence-corrected chi connectivity index (χ0v) is 48.7. The predicted molar refractivity (Wildman–Crippen MR) is 293 cm³/mol. The average molecular weight is 1120 g/mol. The van der Waals surface area contributed by atoms with Crippen molar-refractivity contribution < 1.29 is 45.4 Å². The van der Waals surface area contributed by atoms with Crippen LogP contribution in [0.15, 0.2) is 47.0 Å². The molecule has 2 aliphatic carbocycles. The van der Waals surface area contributed by atoms with Gasteiger partial charge in [0.25, 0.3) is 0 Å². The van der Waals surface area contributed by atoms with Crippen LogP contribution >= 0.6 is 11.6 Å². The molecule has 6 heterocycles. The first-order chi connectivity index (χ1) is 35.6. The number of piperidine rings is 2. The molecule has 2 saturated heterocycles. The van der Waals surface area contributed by atoms with Crippen LogP contribution in [0.2, 0.25) is 5.15 Å². The van der Waals surface area contributed by atoms with Crippen molar-refractivity contribution in [3.63, 3.8) is 0 Å². The summed E-state index contributed by atoms with van der Waals surface area (Å²) in [6.45, 7) is 25.1. The molecule has 3 N–H and O–H groups in total. The smallest absolute Gasteiger partial charge is 0.410 e. The number of rotatable bonds is 12. The van der Waals surface area contributed by atoms with Gasteiger partial charge in [0.2, 0.25) is 11.8 Å². The number of pyridine rings is 2. The number of likely N-dealkylation sites (tertiary alicyclic amines) is 2. The largest absolute Gasteiger partial charge is 0.474 e. The van der Waals surface area contributed by atoms with Crippen molar-refractivity contribution in [3.05, 3.63) is 64.6 Å². The van der Waals surface area contributed by atoms with Crippen molar-refractivity contribution in [2.75, 3.05) is 37.2 Å². The number of unbranched alkanes of at least 4 members (excludes halogenated alkanes) is 2. The SMILES string of the molecule is CCCCC.Cc1c(Cl)ncnc1OC1CCN(C(=O)OC(C)(C)C)CC1.Cc1nc(S(=O)(=O)C2CC2)ccc1N.Cc1nc(S(=O)(=O)C2CC2)ccc1Nc1ncnc(OC2CCN(C(=O)OC(C)(C)C)CC2)c1C. The summed E-state index contributed by atoms with van der Waals surface area (Å²) < 4.78 is 71.3. The number of halogens is 1. The number of anilines is 3. The first kappa shape index (κ1) is 61.2. The quantitative estimate of drug-likeness (QED) is 0.125. The highest BCUT2D eigenvalue weighted by Gasteiger charge is 2.39. The number of hydrogen-bond acceptors (Lipinski definition) is 18. The van der Waals surface area contributed by atoms with Crippen LogP contribution in [0, 0.1) is 27.7 Å². The second kappa shape index (κ2) is 26.6. The predicted octanol–water partition coefficient (Wildman–Crippen LogP) is 10.3. The molecule has 2 saturated carbocycles. The van der Waals surface area contributed by atoms with Crippen LogP contribution in [0.25, 0.3) is 0 Å². The van der Waals surface area contributed by atoms with Gasteiger partial charge in [-0.05, 0) is 119 Å². The standard InChI is InChI=1S/C24H33N5O5S.C15H22ClN3O3.C9H12N2O2S.C5H12/c1-15-21(28-19-8-9-20(27-16(19)2)35(31,32)18-6-7-18)25-14-26-22(15)33-17-10-12-29(13-11-17)23(30)34-24(3,4)5;1-10-12(16)17-9-18-13(10)21-11-5-7-19(8-6-11)14(20)22-15(2,3)4;1-6-8(10)4-5-9(11-6)14(12,13)7-2-3-7;1-3-5-4-2/h8-9,14,17-18H,6-7,10-13H2,1-5H3,(H,25,26,28);9,11H,5-8H2,1-4H3;4-5,7H,2-3,10H2,1H3;3-5H2,1-2H3. The maximum Gasteiger partial charge on any atom is 0.410 e. The number of nitrogens with two attached hydrogens (primary N) is 1. The van der Waals surface area contributed by atoms with Gasteiger partial charge in [0.05, 0.1) is 38.8 Å². The molecule has 4 aromatic heterocycles. The zero-order chi connectivity index (χ0) is 56.2. The van der Waals surface area contributed by atoms with Gasteiger partial charge in [0.15, 0.2) is 29.7 Å². The molecule has 0 aromatic carbocycles. The minimum absolute atomic E-state index is 0.0170. The molecule has 4 aliphatic rings. The third-order valence-electron chi connectivity index (χ3n) is 12.4. The van der Waals surface area contributed by atoms with E-state index in [0.717, 1.165) is 36.8 Å². The van der Waals surface area contributed by atoms with Crippen molar-refractivity contribution in [2.24, 2.45) is 0 Å². The van der Waals surface area contributed by atoms with E-state index in [9.17, 15) is 26.4 Å². The van der Waals surface area contributed by atoms with Crippen LogP contribution in [-0.2, 0) is 29.1 Å². The lowest BCUT2D eigenvalue weighted by Crippen LogP contribution is -2.44. The molecule has 0 spiro atoms. The van der Waals surface area contributed by atoms with Gasteiger partial charge >= 0.3 is 12.2 Å². The van der Waals surface area contributed by atoms with Crippen LogP contribution < -0.4 is 20.5 Å². The molecule has 4 aromatic rings. The monoisotopic (exact) mass is 1110 g/mol. The number of ether oxygens (including phenoxy) is 4. The summed E-state index contributed by atoms with van der Waals surface area (Å²) in [5, 5.41) is 3.39. The highest BCUT2D eigenvalue weighted by atomic mass is 35.5. The zero-order valence-electron chi connectivity index (χ0n) is 46.3. The van der Waals surface area contributed by atoms with E-state index in [1.54, 1.807) is 35.8 Å². The van der Waals surface area contributed by atoms with Crippen molar-refractivity contribution in [1.29, 1.82) is 0 Å². The molecular weight excluding hydrogens is 1040 g/mol. The van der Waals surface area contributed by atoms with E-state index in [-0.39, 0.29) is 44.9 Å². The summed E-state index contributed by atoms with van der Waals surface area (Å²) in [4.78, 5) is 52.7. The Labute approximate surface area is 454 Å². The summed E-state index contributed by atoms with van der Waals surface area (Å²) >= 11 is 5.96. The highest BCUT2D eigenvalue weighted by molar-refractivity contribution is 7.92. The van der Waals surface area contributed by atoms with Crippen molar-refractivity contribution in [1.82, 2.24) is 39.7 Å².